The van der Waals surface area contributed by atoms with Crippen molar-refractivity contribution in [2.24, 2.45) is 9.98 Å². The van der Waals surface area contributed by atoms with Crippen molar-refractivity contribution in [2.75, 3.05) is 0 Å². The van der Waals surface area contributed by atoms with Crippen LogP contribution in [0, 0.1) is 6.92 Å². The largest absolute Gasteiger partial charge is 0.339 e. The number of nitrogens with one attached hydrogen (secondary N) is 1. The molecule has 0 spiro atoms. The Morgan fingerprint density at radius 1 is 0.889 bits per heavy atom. The first-order valence-electron chi connectivity index (χ1n) is 12.2. The Morgan fingerprint density at radius 2 is 1.78 bits per heavy atom. The molecule has 3 aromatic carbocycles. The Morgan fingerprint density at radius 3 is 2.69 bits per heavy atom. The monoisotopic (exact) mass is 471 g/mol. The van der Waals surface area contributed by atoms with Gasteiger partial charge in [-0.2, -0.15) is 4.99 Å². The van der Waals surface area contributed by atoms with E-state index in [4.69, 9.17) is 4.99 Å². The molecule has 1 amide bonds. The summed E-state index contributed by atoms with van der Waals surface area (Å²) in [6.45, 7) is 2.07. The molecule has 4 aromatic rings. The number of ketones is 1. The van der Waals surface area contributed by atoms with Crippen LogP contribution in [-0.4, -0.2) is 28.4 Å². The van der Waals surface area contributed by atoms with Crippen LogP contribution < -0.4 is 10.7 Å². The number of aromatic amines is 1. The van der Waals surface area contributed by atoms with Crippen LogP contribution in [0.3, 0.4) is 0 Å². The lowest BCUT2D eigenvalue weighted by Gasteiger charge is -2.14. The number of aromatic nitrogens is 1. The van der Waals surface area contributed by atoms with Crippen LogP contribution in [0.4, 0.5) is 0 Å². The van der Waals surface area contributed by atoms with Gasteiger partial charge >= 0.3 is 0 Å². The Kier molecular flexibility index (Phi) is 5.53. The number of aliphatic imine (C=N–C) groups is 1. The van der Waals surface area contributed by atoms with Gasteiger partial charge in [0.05, 0.1) is 11.8 Å². The highest BCUT2D eigenvalue weighted by Gasteiger charge is 2.19. The van der Waals surface area contributed by atoms with Gasteiger partial charge in [0.15, 0.2) is 5.78 Å². The first-order valence-corrected chi connectivity index (χ1v) is 12.2. The van der Waals surface area contributed by atoms with Gasteiger partial charge in [-0.1, -0.05) is 48.5 Å². The van der Waals surface area contributed by atoms with E-state index in [1.807, 2.05) is 48.5 Å². The number of fused-ring (bicyclic) bond motifs is 9. The van der Waals surface area contributed by atoms with Crippen molar-refractivity contribution in [1.82, 2.24) is 4.98 Å². The molecule has 176 valence electrons. The highest BCUT2D eigenvalue weighted by Crippen LogP contribution is 2.20. The van der Waals surface area contributed by atoms with Gasteiger partial charge in [-0.25, -0.2) is 0 Å². The van der Waals surface area contributed by atoms with Crippen molar-refractivity contribution < 1.29 is 9.59 Å². The van der Waals surface area contributed by atoms with Crippen molar-refractivity contribution >= 4 is 34.4 Å². The lowest BCUT2D eigenvalue weighted by molar-refractivity contribution is -0.114. The summed E-state index contributed by atoms with van der Waals surface area (Å²) < 4.78 is 0. The molecule has 0 saturated heterocycles. The minimum Gasteiger partial charge on any atom is -0.339 e. The molecule has 1 aromatic heterocycles. The van der Waals surface area contributed by atoms with Crippen LogP contribution in [0.25, 0.3) is 17.0 Å². The summed E-state index contributed by atoms with van der Waals surface area (Å²) in [6, 6.07) is 21.7. The summed E-state index contributed by atoms with van der Waals surface area (Å²) in [5.41, 5.74) is 7.10. The van der Waals surface area contributed by atoms with Crippen molar-refractivity contribution in [1.29, 1.82) is 0 Å². The summed E-state index contributed by atoms with van der Waals surface area (Å²) in [7, 11) is 0. The molecular formula is C31H25N3O2. The number of hydrogen-bond donors (Lipinski definition) is 1. The van der Waals surface area contributed by atoms with Crippen LogP contribution in [0.15, 0.2) is 88.9 Å². The summed E-state index contributed by atoms with van der Waals surface area (Å²) in [4.78, 5) is 38.6. The maximum atomic E-state index is 13.2. The number of aryl methyl sites for hydroxylation is 1. The zero-order chi connectivity index (χ0) is 24.6. The Hall–Kier alpha value is -4.38. The SMILES string of the molecule is Cc1ccc2cc1C1=NC(CC(=O)C=C1)Cc1cccc(c1)C(=O)N=c1[nH]c3ccccc3c1=CC2. The zero-order valence-electron chi connectivity index (χ0n) is 20.0. The van der Waals surface area contributed by atoms with E-state index in [9.17, 15) is 9.59 Å². The van der Waals surface area contributed by atoms with Crippen molar-refractivity contribution in [3.05, 3.63) is 117 Å². The maximum Gasteiger partial charge on any atom is 0.278 e. The Balaban J connectivity index is 1.60. The lowest BCUT2D eigenvalue weighted by Crippen LogP contribution is -2.25. The number of amides is 1. The molecule has 5 heteroatoms. The quantitative estimate of drug-likeness (QED) is 0.417. The lowest BCUT2D eigenvalue weighted by atomic mass is 9.98. The summed E-state index contributed by atoms with van der Waals surface area (Å²) >= 11 is 0. The molecule has 1 unspecified atom stereocenters. The van der Waals surface area contributed by atoms with E-state index in [-0.39, 0.29) is 17.7 Å². The summed E-state index contributed by atoms with van der Waals surface area (Å²) in [5, 5.41) is 1.95. The van der Waals surface area contributed by atoms with Crippen LogP contribution in [0.1, 0.15) is 39.0 Å². The molecule has 1 atom stereocenters. The summed E-state index contributed by atoms with van der Waals surface area (Å²) in [6.07, 6.45) is 7.19. The number of carbonyl (C=O) groups excluding carboxylic acids is 2. The number of hydrogen-bond acceptors (Lipinski definition) is 3. The number of benzene rings is 3. The highest BCUT2D eigenvalue weighted by atomic mass is 16.1. The van der Waals surface area contributed by atoms with Crippen molar-refractivity contribution in [3.8, 4) is 0 Å². The average molecular weight is 472 g/mol. The number of carbonyl (C=O) groups is 2. The van der Waals surface area contributed by atoms with Gasteiger partial charge in [-0.15, -0.1) is 0 Å². The van der Waals surface area contributed by atoms with Gasteiger partial charge in [0.1, 0.15) is 5.49 Å². The third kappa shape index (κ3) is 4.24. The molecule has 2 aliphatic heterocycles. The second-order valence-electron chi connectivity index (χ2n) is 9.48. The molecule has 1 N–H and O–H groups in total. The van der Waals surface area contributed by atoms with Crippen LogP contribution >= 0.6 is 0 Å². The maximum absolute atomic E-state index is 13.2. The first kappa shape index (κ1) is 22.1. The van der Waals surface area contributed by atoms with Crippen LogP contribution in [0.5, 0.6) is 0 Å². The molecule has 5 nitrogen and oxygen atoms in total. The third-order valence-electron chi connectivity index (χ3n) is 6.89. The molecule has 6 rings (SSSR count). The van der Waals surface area contributed by atoms with Crippen LogP contribution in [0.2, 0.25) is 0 Å². The number of para-hydroxylation sites is 1. The predicted molar refractivity (Wildman–Crippen MR) is 142 cm³/mol. The highest BCUT2D eigenvalue weighted by molar-refractivity contribution is 6.13. The molecule has 6 bridgehead atoms. The van der Waals surface area contributed by atoms with Crippen molar-refractivity contribution in [3.63, 3.8) is 0 Å². The van der Waals surface area contributed by atoms with E-state index >= 15 is 0 Å². The topological polar surface area (TPSA) is 74.7 Å². The Labute approximate surface area is 208 Å². The van der Waals surface area contributed by atoms with Gasteiger partial charge in [-0.05, 0) is 72.9 Å². The number of nitrogens with zero attached hydrogens (tertiary/aromatic N) is 2. The van der Waals surface area contributed by atoms with Gasteiger partial charge in [0, 0.05) is 33.7 Å². The zero-order valence-corrected chi connectivity index (χ0v) is 20.0. The first-order chi connectivity index (χ1) is 17.5. The average Bonchev–Trinajstić information content (AvgIpc) is 3.11. The van der Waals surface area contributed by atoms with Crippen molar-refractivity contribution in [2.45, 2.75) is 32.2 Å². The molecule has 3 heterocycles. The standard InChI is InChI=1S/C31H25N3O2/c1-19-9-10-20-11-13-26-25-7-2-3-8-28(25)33-30(26)34-31(36)22-6-4-5-21(15-22)16-23-18-24(35)12-14-29(32-23)27(19)17-20/h2-10,12-15,17,23H,11,16,18H2,1H3,(H,33,34,36). The number of rotatable bonds is 0. The number of H-pyrrole nitrogens is 1. The molecule has 0 saturated carbocycles. The van der Waals surface area contributed by atoms with E-state index in [0.717, 1.165) is 44.1 Å². The molecule has 2 aliphatic rings. The third-order valence-corrected chi connectivity index (χ3v) is 6.89. The fraction of sp³-hybridized carbons (Fsp3) is 0.161. The van der Waals surface area contributed by atoms with Gasteiger partial charge in [-0.3, -0.25) is 14.6 Å². The molecule has 0 radical (unpaired) electrons. The minimum atomic E-state index is -0.300. The van der Waals surface area contributed by atoms with Gasteiger partial charge in [0.2, 0.25) is 0 Å². The Bertz CT molecular complexity index is 1720. The number of allylic oxidation sites excluding steroid dienone is 2. The molecule has 36 heavy (non-hydrogen) atoms. The second-order valence-corrected chi connectivity index (χ2v) is 9.48. The van der Waals surface area contributed by atoms with Crippen LogP contribution in [-0.2, 0) is 17.6 Å². The predicted octanol–water partition coefficient (Wildman–Crippen LogP) is 4.20. The molecule has 0 fully saturated rings. The normalized spacial score (nSPS) is 17.6. The van der Waals surface area contributed by atoms with E-state index in [1.54, 1.807) is 12.1 Å². The van der Waals surface area contributed by atoms with E-state index in [1.165, 1.54) is 0 Å². The van der Waals surface area contributed by atoms with E-state index in [0.29, 0.717) is 30.3 Å². The molecular weight excluding hydrogens is 446 g/mol. The molecule has 0 aliphatic carbocycles. The van der Waals surface area contributed by atoms with E-state index < -0.39 is 0 Å². The minimum absolute atomic E-state index is 0.0615. The summed E-state index contributed by atoms with van der Waals surface area (Å²) in [5.74, 6) is -0.239. The van der Waals surface area contributed by atoms with Gasteiger partial charge in [0.25, 0.3) is 5.91 Å². The fourth-order valence-corrected chi connectivity index (χ4v) is 5.04. The second kappa shape index (κ2) is 9.00. The fourth-order valence-electron chi connectivity index (χ4n) is 5.04. The van der Waals surface area contributed by atoms with E-state index in [2.05, 4.69) is 41.2 Å². The van der Waals surface area contributed by atoms with Gasteiger partial charge < -0.3 is 4.98 Å². The smallest absolute Gasteiger partial charge is 0.278 e.